The number of esters is 2. The van der Waals surface area contributed by atoms with Gasteiger partial charge in [-0.2, -0.15) is 26.3 Å². The Kier molecular flexibility index (Phi) is 10.9. The molecule has 2 fully saturated rings. The number of carbonyl (C=O) groups excluding carboxylic acids is 3. The van der Waals surface area contributed by atoms with Crippen molar-refractivity contribution in [3.63, 3.8) is 0 Å². The largest absolute Gasteiger partial charge is 0.491 e. The maximum absolute atomic E-state index is 14.7. The number of ether oxygens (including phenoxy) is 2. The molecule has 2 aliphatic heterocycles. The summed E-state index contributed by atoms with van der Waals surface area (Å²) < 4.78 is 95.1. The number of halogens is 6. The number of aromatic nitrogens is 1. The van der Waals surface area contributed by atoms with Gasteiger partial charge in [-0.15, -0.1) is 0 Å². The maximum atomic E-state index is 14.7. The molecule has 0 spiro atoms. The fourth-order valence-electron chi connectivity index (χ4n) is 7.62. The summed E-state index contributed by atoms with van der Waals surface area (Å²) in [7, 11) is 1.71. The Morgan fingerprint density at radius 2 is 1.24 bits per heavy atom. The van der Waals surface area contributed by atoms with Crippen molar-refractivity contribution in [2.75, 3.05) is 46.3 Å². The average molecular weight is 759 g/mol. The number of piperazine rings is 1. The van der Waals surface area contributed by atoms with Gasteiger partial charge in [0, 0.05) is 43.7 Å². The summed E-state index contributed by atoms with van der Waals surface area (Å²) in [6.07, 6.45) is -10.0. The summed E-state index contributed by atoms with van der Waals surface area (Å²) in [5.74, 6) is -11.3. The summed E-state index contributed by atoms with van der Waals surface area (Å²) >= 11 is 0. The summed E-state index contributed by atoms with van der Waals surface area (Å²) in [4.78, 5) is 45.2. The van der Waals surface area contributed by atoms with E-state index in [9.17, 15) is 40.7 Å². The van der Waals surface area contributed by atoms with Crippen LogP contribution in [0.3, 0.4) is 0 Å². The first-order chi connectivity index (χ1) is 25.5. The first kappa shape index (κ1) is 38.8. The fraction of sp³-hybridized carbons (Fsp3) is 0.410. The van der Waals surface area contributed by atoms with Gasteiger partial charge in [0.25, 0.3) is 0 Å². The predicted molar refractivity (Wildman–Crippen MR) is 187 cm³/mol. The quantitative estimate of drug-likeness (QED) is 0.110. The molecule has 0 N–H and O–H groups in total. The highest BCUT2D eigenvalue weighted by atomic mass is 19.4. The molecule has 6 rings (SSSR count). The Labute approximate surface area is 308 Å². The maximum Gasteiger partial charge on any atom is 0.491 e. The van der Waals surface area contributed by atoms with E-state index in [2.05, 4.69) is 30.9 Å². The van der Waals surface area contributed by atoms with Gasteiger partial charge in [0.05, 0.1) is 11.2 Å². The van der Waals surface area contributed by atoms with E-state index in [1.807, 2.05) is 6.07 Å². The monoisotopic (exact) mass is 758 g/mol. The van der Waals surface area contributed by atoms with Gasteiger partial charge in [-0.05, 0) is 81.1 Å². The van der Waals surface area contributed by atoms with E-state index in [-0.39, 0.29) is 55.4 Å². The first-order valence-corrected chi connectivity index (χ1v) is 17.6. The molecule has 0 unspecified atom stereocenters. The molecule has 2 aliphatic rings. The minimum absolute atomic E-state index is 0.0545. The molecular weight excluding hydrogens is 718 g/mol. The van der Waals surface area contributed by atoms with E-state index in [0.717, 1.165) is 22.3 Å². The molecule has 3 heterocycles. The van der Waals surface area contributed by atoms with Gasteiger partial charge < -0.3 is 19.3 Å². The van der Waals surface area contributed by atoms with Crippen molar-refractivity contribution in [1.82, 2.24) is 19.3 Å². The van der Waals surface area contributed by atoms with Crippen LogP contribution in [-0.4, -0.2) is 95.8 Å². The Morgan fingerprint density at radius 1 is 0.704 bits per heavy atom. The number of para-hydroxylation sites is 1. The molecule has 4 aromatic rings. The number of benzene rings is 3. The number of nitrogens with zero attached hydrogens (tertiary/aromatic N) is 4. The van der Waals surface area contributed by atoms with Gasteiger partial charge in [0.15, 0.2) is 0 Å². The lowest BCUT2D eigenvalue weighted by Crippen LogP contribution is -2.61. The van der Waals surface area contributed by atoms with Gasteiger partial charge in [0.1, 0.15) is 0 Å². The third kappa shape index (κ3) is 7.69. The molecule has 54 heavy (non-hydrogen) atoms. The highest BCUT2D eigenvalue weighted by molar-refractivity contribution is 5.97. The van der Waals surface area contributed by atoms with Crippen LogP contribution in [-0.2, 0) is 36.3 Å². The van der Waals surface area contributed by atoms with Gasteiger partial charge in [-0.3, -0.25) is 14.3 Å². The second kappa shape index (κ2) is 15.1. The van der Waals surface area contributed by atoms with Crippen LogP contribution in [0.25, 0.3) is 22.2 Å². The molecular formula is C39H40F6N4O5. The molecule has 288 valence electrons. The zero-order valence-corrected chi connectivity index (χ0v) is 30.0. The zero-order valence-electron chi connectivity index (χ0n) is 30.0. The number of aryl methyl sites for hydroxylation is 2. The highest BCUT2D eigenvalue weighted by Gasteiger charge is 2.60. The van der Waals surface area contributed by atoms with Crippen LogP contribution < -0.4 is 0 Å². The van der Waals surface area contributed by atoms with Gasteiger partial charge in [-0.1, -0.05) is 66.7 Å². The number of alkyl halides is 6. The number of carbonyl (C=O) groups is 3. The van der Waals surface area contributed by atoms with Crippen molar-refractivity contribution < 1.29 is 50.2 Å². The smallest absolute Gasteiger partial charge is 0.389 e. The lowest BCUT2D eigenvalue weighted by atomic mass is 9.84. The number of amides is 1. The zero-order chi connectivity index (χ0) is 39.0. The molecule has 0 bridgehead atoms. The van der Waals surface area contributed by atoms with Crippen LogP contribution in [0.5, 0.6) is 0 Å². The number of hydrogen-bond acceptors (Lipinski definition) is 7. The van der Waals surface area contributed by atoms with E-state index in [0.29, 0.717) is 24.0 Å². The first-order valence-electron chi connectivity index (χ1n) is 17.6. The summed E-state index contributed by atoms with van der Waals surface area (Å²) in [6, 6.07) is 20.2. The second-order valence-electron chi connectivity index (χ2n) is 13.9. The lowest BCUT2D eigenvalue weighted by molar-refractivity contribution is -0.293. The molecule has 0 atom stereocenters. The standard InChI is InChI=1S/C39H40F6N4O5/c1-25-10-9-11-26(2)32(25)27-16-18-47(19-17-27)24-30-29-14-7-8-15-31(29)49(33(30)28-12-5-4-6-13-28)39(53-35(51)37(40,41)42,54-36(52)38(43,44)45)34(50)48-22-20-46(3)21-23-48/h4-15,27H,16-24H2,1-3H3. The fourth-order valence-corrected chi connectivity index (χ4v) is 7.62. The van der Waals surface area contributed by atoms with E-state index < -0.39 is 36.1 Å². The number of likely N-dealkylation sites (tertiary alicyclic amines) is 1. The third-order valence-electron chi connectivity index (χ3n) is 10.2. The van der Waals surface area contributed by atoms with E-state index in [4.69, 9.17) is 9.47 Å². The van der Waals surface area contributed by atoms with Crippen molar-refractivity contribution in [3.05, 3.63) is 95.1 Å². The van der Waals surface area contributed by atoms with Crippen molar-refractivity contribution in [2.24, 2.45) is 0 Å². The molecule has 3 aromatic carbocycles. The molecule has 1 aromatic heterocycles. The van der Waals surface area contributed by atoms with Crippen LogP contribution in [0.15, 0.2) is 72.8 Å². The van der Waals surface area contributed by atoms with Gasteiger partial charge in [0.2, 0.25) is 0 Å². The Bertz CT molecular complexity index is 1970. The molecule has 1 amide bonds. The van der Waals surface area contributed by atoms with Crippen LogP contribution in [0.1, 0.15) is 41.0 Å². The molecule has 2 saturated heterocycles. The molecule has 0 saturated carbocycles. The number of fused-ring (bicyclic) bond motifs is 1. The summed E-state index contributed by atoms with van der Waals surface area (Å²) in [6.45, 7) is 5.51. The Morgan fingerprint density at radius 3 is 1.80 bits per heavy atom. The summed E-state index contributed by atoms with van der Waals surface area (Å²) in [5, 5.41) is 0.342. The molecule has 9 nitrogen and oxygen atoms in total. The van der Waals surface area contributed by atoms with E-state index in [1.54, 1.807) is 54.4 Å². The van der Waals surface area contributed by atoms with Crippen LogP contribution in [0.4, 0.5) is 26.3 Å². The molecule has 0 radical (unpaired) electrons. The summed E-state index contributed by atoms with van der Waals surface area (Å²) in [5.41, 5.74) is 4.19. The normalized spacial score (nSPS) is 16.8. The van der Waals surface area contributed by atoms with Crippen molar-refractivity contribution in [3.8, 4) is 11.3 Å². The van der Waals surface area contributed by atoms with Crippen LogP contribution >= 0.6 is 0 Å². The predicted octanol–water partition coefficient (Wildman–Crippen LogP) is 6.90. The van der Waals surface area contributed by atoms with Gasteiger partial charge in [-0.25, -0.2) is 9.59 Å². The van der Waals surface area contributed by atoms with Crippen LogP contribution in [0.2, 0.25) is 0 Å². The average Bonchev–Trinajstić information content (AvgIpc) is 3.45. The number of rotatable bonds is 8. The Balaban J connectivity index is 1.56. The number of likely N-dealkylation sites (N-methyl/N-ethyl adjacent to an activating group) is 1. The lowest BCUT2D eigenvalue weighted by Gasteiger charge is -2.40. The topological polar surface area (TPSA) is 84.3 Å². The van der Waals surface area contributed by atoms with Crippen molar-refractivity contribution in [1.29, 1.82) is 0 Å². The van der Waals surface area contributed by atoms with Crippen molar-refractivity contribution >= 4 is 28.7 Å². The van der Waals surface area contributed by atoms with Crippen molar-refractivity contribution in [2.45, 2.75) is 57.4 Å². The third-order valence-corrected chi connectivity index (χ3v) is 10.2. The SMILES string of the molecule is Cc1cccc(C)c1C1CCN(Cc2c(-c3ccccc3)n(C(OC(=O)C(F)(F)F)(OC(=O)C(F)(F)F)C(=O)N3CCN(C)CC3)c3ccccc23)CC1. The van der Waals surface area contributed by atoms with E-state index >= 15 is 0 Å². The number of piperidine rings is 1. The van der Waals surface area contributed by atoms with E-state index in [1.165, 1.54) is 28.8 Å². The van der Waals surface area contributed by atoms with Gasteiger partial charge >= 0.3 is 36.1 Å². The number of hydrogen-bond donors (Lipinski definition) is 0. The minimum Gasteiger partial charge on any atom is -0.389 e. The second-order valence-corrected chi connectivity index (χ2v) is 13.9. The highest BCUT2D eigenvalue weighted by Crippen LogP contribution is 2.44. The Hall–Kier alpha value is -4.89. The molecule has 15 heteroatoms. The van der Waals surface area contributed by atoms with Crippen LogP contribution in [0, 0.1) is 13.8 Å². The molecule has 0 aliphatic carbocycles. The minimum atomic E-state index is -5.79.